The van der Waals surface area contributed by atoms with Gasteiger partial charge in [-0.15, -0.1) is 0 Å². The number of pyridine rings is 1. The molecule has 0 aliphatic rings. The molecule has 1 aromatic carbocycles. The van der Waals surface area contributed by atoms with Crippen molar-refractivity contribution in [2.24, 2.45) is 0 Å². The number of rotatable bonds is 4. The Morgan fingerprint density at radius 2 is 2.00 bits per heavy atom. The van der Waals surface area contributed by atoms with Gasteiger partial charge in [-0.25, -0.2) is 8.42 Å². The van der Waals surface area contributed by atoms with E-state index < -0.39 is 25.3 Å². The summed E-state index contributed by atoms with van der Waals surface area (Å²) in [5.74, 6) is 0. The zero-order valence-electron chi connectivity index (χ0n) is 10.9. The number of benzene rings is 1. The summed E-state index contributed by atoms with van der Waals surface area (Å²) in [6.45, 7) is 1.49. The second kappa shape index (κ2) is 5.37. The van der Waals surface area contributed by atoms with Crippen molar-refractivity contribution in [3.8, 4) is 0 Å². The first-order valence-corrected chi connectivity index (χ1v) is 7.24. The summed E-state index contributed by atoms with van der Waals surface area (Å²) in [5, 5.41) is 10.7. The summed E-state index contributed by atoms with van der Waals surface area (Å²) in [6.07, 6.45) is 2.39. The van der Waals surface area contributed by atoms with Crippen LogP contribution in [0.1, 0.15) is 5.56 Å². The summed E-state index contributed by atoms with van der Waals surface area (Å²) in [7, 11) is -4.06. The van der Waals surface area contributed by atoms with Crippen LogP contribution in [0, 0.1) is 17.0 Å². The lowest BCUT2D eigenvalue weighted by Crippen LogP contribution is -2.21. The third-order valence-electron chi connectivity index (χ3n) is 2.72. The number of H-pyrrole nitrogens is 1. The molecule has 9 heteroatoms. The molecule has 2 N–H and O–H groups in total. The van der Waals surface area contributed by atoms with E-state index in [1.807, 2.05) is 0 Å². The number of nitro benzene ring substituents is 1. The van der Waals surface area contributed by atoms with Crippen molar-refractivity contribution in [2.45, 2.75) is 11.8 Å². The Bertz CT molecular complexity index is 857. The highest BCUT2D eigenvalue weighted by atomic mass is 32.2. The molecule has 1 heterocycles. The minimum Gasteiger partial charge on any atom is -0.366 e. The Balaban J connectivity index is 2.38. The molecule has 0 atom stereocenters. The summed E-state index contributed by atoms with van der Waals surface area (Å²) < 4.78 is 26.4. The number of hydrogen-bond donors (Lipinski definition) is 2. The maximum absolute atomic E-state index is 12.1. The molecule has 0 amide bonds. The topological polar surface area (TPSA) is 122 Å². The zero-order valence-corrected chi connectivity index (χ0v) is 11.7. The fourth-order valence-corrected chi connectivity index (χ4v) is 2.85. The molecule has 21 heavy (non-hydrogen) atoms. The van der Waals surface area contributed by atoms with E-state index in [4.69, 9.17) is 0 Å². The van der Waals surface area contributed by atoms with E-state index in [0.717, 1.165) is 12.3 Å². The van der Waals surface area contributed by atoms with Gasteiger partial charge in [0.1, 0.15) is 0 Å². The van der Waals surface area contributed by atoms with Crippen LogP contribution in [-0.2, 0) is 10.0 Å². The lowest BCUT2D eigenvalue weighted by molar-refractivity contribution is -0.385. The molecule has 2 aromatic rings. The highest BCUT2D eigenvalue weighted by molar-refractivity contribution is 7.92. The molecule has 0 saturated carbocycles. The molecule has 110 valence electrons. The lowest BCUT2D eigenvalue weighted by Gasteiger charge is -2.08. The van der Waals surface area contributed by atoms with Crippen molar-refractivity contribution in [3.63, 3.8) is 0 Å². The second-order valence-electron chi connectivity index (χ2n) is 4.24. The van der Waals surface area contributed by atoms with Crippen molar-refractivity contribution in [2.75, 3.05) is 4.72 Å². The number of sulfonamides is 1. The number of anilines is 1. The van der Waals surface area contributed by atoms with E-state index in [1.165, 1.54) is 31.3 Å². The third kappa shape index (κ3) is 3.08. The molecule has 0 aliphatic carbocycles. The van der Waals surface area contributed by atoms with Crippen molar-refractivity contribution in [1.29, 1.82) is 0 Å². The van der Waals surface area contributed by atoms with Gasteiger partial charge < -0.3 is 4.98 Å². The Kier molecular flexibility index (Phi) is 3.76. The maximum Gasteiger partial charge on any atom is 0.272 e. The highest BCUT2D eigenvalue weighted by Crippen LogP contribution is 2.22. The first-order chi connectivity index (χ1) is 9.81. The van der Waals surface area contributed by atoms with Crippen molar-refractivity contribution < 1.29 is 13.3 Å². The molecule has 0 fully saturated rings. The lowest BCUT2D eigenvalue weighted by atomic mass is 10.2. The Labute approximate surface area is 119 Å². The predicted molar refractivity (Wildman–Crippen MR) is 75.7 cm³/mol. The van der Waals surface area contributed by atoms with E-state index in [9.17, 15) is 23.3 Å². The van der Waals surface area contributed by atoms with Gasteiger partial charge in [0, 0.05) is 35.8 Å². The zero-order chi connectivity index (χ0) is 15.6. The number of aromatic amines is 1. The predicted octanol–water partition coefficient (Wildman–Crippen LogP) is 1.39. The molecule has 2 rings (SSSR count). The van der Waals surface area contributed by atoms with E-state index in [-0.39, 0.29) is 11.4 Å². The first-order valence-electron chi connectivity index (χ1n) is 5.76. The van der Waals surface area contributed by atoms with Crippen molar-refractivity contribution in [3.05, 3.63) is 62.6 Å². The van der Waals surface area contributed by atoms with Gasteiger partial charge in [-0.2, -0.15) is 0 Å². The quantitative estimate of drug-likeness (QED) is 0.652. The average molecular weight is 309 g/mol. The van der Waals surface area contributed by atoms with Gasteiger partial charge >= 0.3 is 0 Å². The summed E-state index contributed by atoms with van der Waals surface area (Å²) in [4.78, 5) is 23.8. The van der Waals surface area contributed by atoms with Crippen LogP contribution < -0.4 is 10.2 Å². The second-order valence-corrected chi connectivity index (χ2v) is 5.89. The fraction of sp³-hybridized carbons (Fsp3) is 0.0833. The summed E-state index contributed by atoms with van der Waals surface area (Å²) in [5.41, 5.74) is -0.320. The van der Waals surface area contributed by atoms with Crippen LogP contribution in [0.2, 0.25) is 0 Å². The van der Waals surface area contributed by atoms with Crippen LogP contribution in [0.25, 0.3) is 0 Å². The van der Waals surface area contributed by atoms with Gasteiger partial charge in [-0.05, 0) is 19.1 Å². The fourth-order valence-electron chi connectivity index (χ4n) is 1.74. The monoisotopic (exact) mass is 309 g/mol. The number of nitrogens with one attached hydrogen (secondary N) is 2. The van der Waals surface area contributed by atoms with Crippen LogP contribution in [-0.4, -0.2) is 18.3 Å². The van der Waals surface area contributed by atoms with Crippen molar-refractivity contribution in [1.82, 2.24) is 4.98 Å². The van der Waals surface area contributed by atoms with Crippen LogP contribution >= 0.6 is 0 Å². The van der Waals surface area contributed by atoms with Crippen LogP contribution in [0.5, 0.6) is 0 Å². The van der Waals surface area contributed by atoms with Gasteiger partial charge in [0.05, 0.1) is 4.92 Å². The van der Waals surface area contributed by atoms with Crippen LogP contribution in [0.15, 0.2) is 46.3 Å². The molecule has 0 aliphatic heterocycles. The Morgan fingerprint density at radius 1 is 1.29 bits per heavy atom. The van der Waals surface area contributed by atoms with E-state index in [2.05, 4.69) is 9.71 Å². The van der Waals surface area contributed by atoms with Gasteiger partial charge in [0.15, 0.2) is 4.90 Å². The Hall–Kier alpha value is -2.68. The standard InChI is InChI=1S/C12H11N3O5S/c1-8-6-9(2-3-10(8)15(17)18)14-21(19,20)12-7-13-5-4-11(12)16/h2-7,14H,1H3,(H,13,16). The molecule has 0 spiro atoms. The molecule has 0 bridgehead atoms. The molecule has 1 aromatic heterocycles. The largest absolute Gasteiger partial charge is 0.366 e. The van der Waals surface area contributed by atoms with Crippen molar-refractivity contribution >= 4 is 21.4 Å². The van der Waals surface area contributed by atoms with E-state index >= 15 is 0 Å². The molecular weight excluding hydrogens is 298 g/mol. The van der Waals surface area contributed by atoms with Gasteiger partial charge in [0.2, 0.25) is 5.43 Å². The van der Waals surface area contributed by atoms with Gasteiger partial charge in [-0.3, -0.25) is 19.6 Å². The third-order valence-corrected chi connectivity index (χ3v) is 4.13. The summed E-state index contributed by atoms with van der Waals surface area (Å²) in [6, 6.07) is 4.88. The summed E-state index contributed by atoms with van der Waals surface area (Å²) >= 11 is 0. The maximum atomic E-state index is 12.1. The average Bonchev–Trinajstić information content (AvgIpc) is 2.38. The number of nitrogens with zero attached hydrogens (tertiary/aromatic N) is 1. The Morgan fingerprint density at radius 3 is 2.57 bits per heavy atom. The molecule has 0 unspecified atom stereocenters. The van der Waals surface area contributed by atoms with E-state index in [0.29, 0.717) is 5.56 Å². The molecule has 8 nitrogen and oxygen atoms in total. The smallest absolute Gasteiger partial charge is 0.272 e. The highest BCUT2D eigenvalue weighted by Gasteiger charge is 2.19. The first kappa shape index (κ1) is 14.7. The minimum atomic E-state index is -4.06. The number of hydrogen-bond acceptors (Lipinski definition) is 5. The van der Waals surface area contributed by atoms with E-state index in [1.54, 1.807) is 0 Å². The number of aromatic nitrogens is 1. The van der Waals surface area contributed by atoms with Gasteiger partial charge in [-0.1, -0.05) is 0 Å². The molecular formula is C12H11N3O5S. The molecule has 0 saturated heterocycles. The minimum absolute atomic E-state index is 0.115. The van der Waals surface area contributed by atoms with Crippen LogP contribution in [0.4, 0.5) is 11.4 Å². The molecule has 0 radical (unpaired) electrons. The van der Waals surface area contributed by atoms with Crippen LogP contribution in [0.3, 0.4) is 0 Å². The SMILES string of the molecule is Cc1cc(NS(=O)(=O)c2c[nH]ccc2=O)ccc1[N+](=O)[O-]. The number of aryl methyl sites for hydroxylation is 1. The normalized spacial score (nSPS) is 11.1. The number of nitro groups is 1. The van der Waals surface area contributed by atoms with Gasteiger partial charge in [0.25, 0.3) is 15.7 Å².